The molecule has 1 unspecified atom stereocenters. The van der Waals surface area contributed by atoms with Crippen molar-refractivity contribution in [1.29, 1.82) is 0 Å². The van der Waals surface area contributed by atoms with E-state index in [1.807, 2.05) is 13.0 Å². The first-order valence-electron chi connectivity index (χ1n) is 4.24. The molecular weight excluding hydrogens is 344 g/mol. The van der Waals surface area contributed by atoms with Crippen molar-refractivity contribution in [3.05, 3.63) is 26.3 Å². The second-order valence-corrected chi connectivity index (χ2v) is 5.73. The van der Waals surface area contributed by atoms with E-state index in [-0.39, 0.29) is 6.04 Å². The Bertz CT molecular complexity index is 459. The van der Waals surface area contributed by atoms with Gasteiger partial charge in [-0.15, -0.1) is 11.3 Å². The smallest absolute Gasteiger partial charge is 0.184 e. The van der Waals surface area contributed by atoms with E-state index in [2.05, 4.69) is 36.8 Å². The summed E-state index contributed by atoms with van der Waals surface area (Å²) in [6, 6.07) is 1.89. The number of furan rings is 1. The van der Waals surface area contributed by atoms with Crippen LogP contribution in [0, 0.1) is 0 Å². The van der Waals surface area contributed by atoms with Crippen molar-refractivity contribution in [3.8, 4) is 10.8 Å². The number of halogens is 2. The van der Waals surface area contributed by atoms with Crippen molar-refractivity contribution in [1.82, 2.24) is 4.98 Å². The molecule has 0 aromatic carbocycles. The molecule has 2 N–H and O–H groups in total. The normalized spacial score (nSPS) is 13.1. The van der Waals surface area contributed by atoms with Gasteiger partial charge in [-0.05, 0) is 38.8 Å². The van der Waals surface area contributed by atoms with Gasteiger partial charge in [0.2, 0.25) is 0 Å². The molecule has 6 heteroatoms. The number of thiazole rings is 1. The highest BCUT2D eigenvalue weighted by molar-refractivity contribution is 9.13. The van der Waals surface area contributed by atoms with Crippen molar-refractivity contribution in [2.75, 3.05) is 0 Å². The van der Waals surface area contributed by atoms with Gasteiger partial charge >= 0.3 is 0 Å². The molecule has 80 valence electrons. The Balaban J connectivity index is 2.37. The van der Waals surface area contributed by atoms with Crippen LogP contribution in [0.25, 0.3) is 10.8 Å². The first kappa shape index (κ1) is 11.3. The molecule has 0 aliphatic rings. The second kappa shape index (κ2) is 4.37. The van der Waals surface area contributed by atoms with E-state index >= 15 is 0 Å². The Morgan fingerprint density at radius 3 is 2.73 bits per heavy atom. The maximum Gasteiger partial charge on any atom is 0.184 e. The van der Waals surface area contributed by atoms with Crippen molar-refractivity contribution in [2.45, 2.75) is 13.0 Å². The molecule has 0 spiro atoms. The SMILES string of the molecule is CC(N)c1cnc(-c2cc(Br)c(Br)o2)s1. The molecule has 0 fully saturated rings. The van der Waals surface area contributed by atoms with E-state index in [4.69, 9.17) is 10.2 Å². The lowest BCUT2D eigenvalue weighted by molar-refractivity contribution is 0.553. The van der Waals surface area contributed by atoms with Gasteiger partial charge in [0.15, 0.2) is 15.4 Å². The topological polar surface area (TPSA) is 52.0 Å². The molecule has 0 amide bonds. The van der Waals surface area contributed by atoms with Gasteiger partial charge < -0.3 is 10.2 Å². The Morgan fingerprint density at radius 2 is 2.27 bits per heavy atom. The van der Waals surface area contributed by atoms with Crippen LogP contribution in [-0.4, -0.2) is 4.98 Å². The molecule has 0 saturated heterocycles. The molecule has 0 bridgehead atoms. The number of nitrogens with zero attached hydrogens (tertiary/aromatic N) is 1. The zero-order valence-corrected chi connectivity index (χ0v) is 11.8. The van der Waals surface area contributed by atoms with E-state index in [0.717, 1.165) is 20.1 Å². The summed E-state index contributed by atoms with van der Waals surface area (Å²) < 4.78 is 7.03. The third-order valence-electron chi connectivity index (χ3n) is 1.83. The van der Waals surface area contributed by atoms with Gasteiger partial charge in [-0.25, -0.2) is 4.98 Å². The third-order valence-corrected chi connectivity index (χ3v) is 4.75. The molecule has 1 atom stereocenters. The maximum atomic E-state index is 5.76. The summed E-state index contributed by atoms with van der Waals surface area (Å²) in [5.74, 6) is 0.741. The Kier molecular flexibility index (Phi) is 3.30. The average Bonchev–Trinajstić information content (AvgIpc) is 2.74. The highest BCUT2D eigenvalue weighted by Gasteiger charge is 2.13. The molecule has 2 aromatic heterocycles. The summed E-state index contributed by atoms with van der Waals surface area (Å²) in [5, 5.41) is 0.841. The Morgan fingerprint density at radius 1 is 1.53 bits per heavy atom. The van der Waals surface area contributed by atoms with Gasteiger partial charge in [0, 0.05) is 23.2 Å². The van der Waals surface area contributed by atoms with E-state index in [1.54, 1.807) is 17.5 Å². The van der Waals surface area contributed by atoms with Gasteiger partial charge in [0.1, 0.15) is 0 Å². The summed E-state index contributed by atoms with van der Waals surface area (Å²) in [6.07, 6.45) is 1.79. The summed E-state index contributed by atoms with van der Waals surface area (Å²) >= 11 is 8.19. The zero-order valence-electron chi connectivity index (χ0n) is 7.83. The summed E-state index contributed by atoms with van der Waals surface area (Å²) in [6.45, 7) is 1.94. The fraction of sp³-hybridized carbons (Fsp3) is 0.222. The number of nitrogens with two attached hydrogens (primary N) is 1. The van der Waals surface area contributed by atoms with Gasteiger partial charge in [-0.3, -0.25) is 0 Å². The lowest BCUT2D eigenvalue weighted by Gasteiger charge is -1.96. The third kappa shape index (κ3) is 2.33. The van der Waals surface area contributed by atoms with E-state index in [1.165, 1.54) is 0 Å². The van der Waals surface area contributed by atoms with Gasteiger partial charge in [0.25, 0.3) is 0 Å². The molecule has 2 heterocycles. The van der Waals surface area contributed by atoms with Crippen LogP contribution in [-0.2, 0) is 0 Å². The van der Waals surface area contributed by atoms with Gasteiger partial charge in [-0.2, -0.15) is 0 Å². The molecule has 3 nitrogen and oxygen atoms in total. The predicted molar refractivity (Wildman–Crippen MR) is 67.8 cm³/mol. The van der Waals surface area contributed by atoms with Crippen LogP contribution in [0.4, 0.5) is 0 Å². The van der Waals surface area contributed by atoms with Crippen LogP contribution in [0.15, 0.2) is 25.8 Å². The summed E-state index contributed by atoms with van der Waals surface area (Å²) in [4.78, 5) is 5.31. The van der Waals surface area contributed by atoms with Crippen molar-refractivity contribution in [3.63, 3.8) is 0 Å². The minimum Gasteiger partial charge on any atom is -0.446 e. The summed E-state index contributed by atoms with van der Waals surface area (Å²) in [5.41, 5.74) is 5.76. The number of hydrogen-bond acceptors (Lipinski definition) is 4. The van der Waals surface area contributed by atoms with Crippen LogP contribution in [0.2, 0.25) is 0 Å². The highest BCUT2D eigenvalue weighted by atomic mass is 79.9. The van der Waals surface area contributed by atoms with E-state index in [0.29, 0.717) is 4.67 Å². The largest absolute Gasteiger partial charge is 0.446 e. The molecule has 0 saturated carbocycles. The van der Waals surface area contributed by atoms with Gasteiger partial charge in [0.05, 0.1) is 4.47 Å². The minimum atomic E-state index is 0.0121. The van der Waals surface area contributed by atoms with Crippen molar-refractivity contribution < 1.29 is 4.42 Å². The van der Waals surface area contributed by atoms with Crippen molar-refractivity contribution >= 4 is 43.2 Å². The van der Waals surface area contributed by atoms with Crippen LogP contribution in [0.3, 0.4) is 0 Å². The predicted octanol–water partition coefficient (Wildman–Crippen LogP) is 3.95. The van der Waals surface area contributed by atoms with Crippen LogP contribution < -0.4 is 5.73 Å². The molecule has 0 aliphatic heterocycles. The molecular formula is C9H8Br2N2OS. The molecule has 0 aliphatic carbocycles. The van der Waals surface area contributed by atoms with Gasteiger partial charge in [-0.1, -0.05) is 0 Å². The Hall–Kier alpha value is -0.170. The standard InChI is InChI=1S/C9H8Br2N2OS/c1-4(12)7-3-13-9(15-7)6-2-5(10)8(11)14-6/h2-4H,12H2,1H3. The number of aromatic nitrogens is 1. The number of rotatable bonds is 2. The zero-order chi connectivity index (χ0) is 11.0. The molecule has 2 rings (SSSR count). The molecule has 2 aromatic rings. The molecule has 15 heavy (non-hydrogen) atoms. The van der Waals surface area contributed by atoms with Crippen LogP contribution >= 0.6 is 43.2 Å². The number of hydrogen-bond donors (Lipinski definition) is 1. The monoisotopic (exact) mass is 350 g/mol. The fourth-order valence-corrected chi connectivity index (χ4v) is 2.46. The fourth-order valence-electron chi connectivity index (χ4n) is 1.06. The van der Waals surface area contributed by atoms with Crippen LogP contribution in [0.5, 0.6) is 0 Å². The lowest BCUT2D eigenvalue weighted by atomic mass is 10.3. The van der Waals surface area contributed by atoms with E-state index in [9.17, 15) is 0 Å². The highest BCUT2D eigenvalue weighted by Crippen LogP contribution is 2.35. The minimum absolute atomic E-state index is 0.0121. The van der Waals surface area contributed by atoms with Crippen LogP contribution in [0.1, 0.15) is 17.8 Å². The lowest BCUT2D eigenvalue weighted by Crippen LogP contribution is -2.01. The second-order valence-electron chi connectivity index (χ2n) is 3.09. The van der Waals surface area contributed by atoms with Crippen molar-refractivity contribution in [2.24, 2.45) is 5.73 Å². The average molecular weight is 352 g/mol. The maximum absolute atomic E-state index is 5.76. The quantitative estimate of drug-likeness (QED) is 0.891. The molecule has 0 radical (unpaired) electrons. The van der Waals surface area contributed by atoms with E-state index < -0.39 is 0 Å². The first-order valence-corrected chi connectivity index (χ1v) is 6.64. The first-order chi connectivity index (χ1) is 7.08. The Labute approximate surface area is 108 Å². The summed E-state index contributed by atoms with van der Waals surface area (Å²) in [7, 11) is 0.